The van der Waals surface area contributed by atoms with Gasteiger partial charge in [-0.2, -0.15) is 0 Å². The van der Waals surface area contributed by atoms with E-state index in [1.54, 1.807) is 24.3 Å². The maximum absolute atomic E-state index is 12.4. The predicted octanol–water partition coefficient (Wildman–Crippen LogP) is 4.33. The summed E-state index contributed by atoms with van der Waals surface area (Å²) in [5.74, 6) is -0.639. The summed E-state index contributed by atoms with van der Waals surface area (Å²) in [6, 6.07) is 8.70. The zero-order valence-corrected chi connectivity index (χ0v) is 22.5. The standard InChI is InChI=1S/C15H9ClN2O2.C6H11F2N.C5H11NOS/c16-13-4-10(8-19)5-14(6-13)18-2-1-12-3-11(9-20)7-17-15(12)18;1-9-4-2-6(7,8)3-5-9;1-6-2-4-8(7)5-3-6/h1-9H;2-5H2,1H3;2-5H2,1H3. The average molecular weight is 553 g/mol. The summed E-state index contributed by atoms with van der Waals surface area (Å²) in [4.78, 5) is 30.1. The number of nitrogens with zero attached hydrogens (tertiary/aromatic N) is 4. The molecule has 2 aliphatic heterocycles. The van der Waals surface area contributed by atoms with Gasteiger partial charge in [-0.05, 0) is 44.4 Å². The van der Waals surface area contributed by atoms with Gasteiger partial charge in [0, 0.05) is 101 Å². The molecule has 0 N–H and O–H groups in total. The van der Waals surface area contributed by atoms with Crippen molar-refractivity contribution in [3.8, 4) is 5.69 Å². The Balaban J connectivity index is 0.000000184. The zero-order valence-electron chi connectivity index (χ0n) is 20.9. The first-order valence-corrected chi connectivity index (χ1v) is 13.7. The molecule has 0 saturated carbocycles. The maximum atomic E-state index is 12.4. The normalized spacial score (nSPS) is 18.3. The van der Waals surface area contributed by atoms with Gasteiger partial charge in [0.2, 0.25) is 0 Å². The molecule has 2 aromatic heterocycles. The Labute approximate surface area is 222 Å². The van der Waals surface area contributed by atoms with Crippen LogP contribution in [0, 0.1) is 0 Å². The number of likely N-dealkylation sites (tertiary alicyclic amines) is 1. The third kappa shape index (κ3) is 8.77. The first-order valence-electron chi connectivity index (χ1n) is 11.9. The van der Waals surface area contributed by atoms with Crippen LogP contribution in [0.4, 0.5) is 8.78 Å². The highest BCUT2D eigenvalue weighted by Crippen LogP contribution is 2.26. The van der Waals surface area contributed by atoms with E-state index in [1.807, 2.05) is 28.8 Å². The number of halogens is 3. The number of pyridine rings is 1. The van der Waals surface area contributed by atoms with Gasteiger partial charge < -0.3 is 14.4 Å². The van der Waals surface area contributed by atoms with Gasteiger partial charge in [0.1, 0.15) is 11.9 Å². The number of carbonyl (C=O) groups is 2. The van der Waals surface area contributed by atoms with Gasteiger partial charge in [0.05, 0.1) is 0 Å². The third-order valence-electron chi connectivity index (χ3n) is 6.12. The molecule has 11 heteroatoms. The highest BCUT2D eigenvalue weighted by atomic mass is 35.5. The number of alkyl halides is 2. The van der Waals surface area contributed by atoms with Crippen molar-refractivity contribution in [2.24, 2.45) is 0 Å². The van der Waals surface area contributed by atoms with Crippen molar-refractivity contribution < 1.29 is 22.6 Å². The maximum Gasteiger partial charge on any atom is 0.250 e. The van der Waals surface area contributed by atoms with Crippen LogP contribution in [0.3, 0.4) is 0 Å². The number of carbonyl (C=O) groups excluding carboxylic acids is 2. The molecule has 1 aromatic carbocycles. The Morgan fingerprint density at radius 2 is 1.57 bits per heavy atom. The summed E-state index contributed by atoms with van der Waals surface area (Å²) in [5, 5.41) is 1.33. The zero-order chi connectivity index (χ0) is 27.0. The number of fused-ring (bicyclic) bond motifs is 1. The Morgan fingerprint density at radius 1 is 0.946 bits per heavy atom. The second kappa shape index (κ2) is 13.3. The summed E-state index contributed by atoms with van der Waals surface area (Å²) in [6.45, 7) is 3.08. The Hall–Kier alpha value is -2.53. The molecule has 0 unspecified atom stereocenters. The molecular formula is C26H31ClF2N4O3S. The number of rotatable bonds is 3. The topological polar surface area (TPSA) is 75.5 Å². The summed E-state index contributed by atoms with van der Waals surface area (Å²) >= 11 is 6.01. The van der Waals surface area contributed by atoms with E-state index in [2.05, 4.69) is 16.9 Å². The SMILES string of the molecule is CN1CCC(F)(F)CC1.CN1CCS(=O)CC1.O=Cc1cc(Cl)cc(-n2ccc3cc(C=O)cnc32)c1. The van der Waals surface area contributed by atoms with Crippen molar-refractivity contribution in [3.63, 3.8) is 0 Å². The van der Waals surface area contributed by atoms with Gasteiger partial charge in [-0.3, -0.25) is 13.8 Å². The number of benzene rings is 1. The van der Waals surface area contributed by atoms with Gasteiger partial charge >= 0.3 is 0 Å². The molecule has 0 radical (unpaired) electrons. The number of hydrogen-bond donors (Lipinski definition) is 0. The Bertz CT molecular complexity index is 1230. The molecule has 4 heterocycles. The minimum absolute atomic E-state index is 0.0312. The lowest BCUT2D eigenvalue weighted by atomic mass is 10.1. The molecular weight excluding hydrogens is 522 g/mol. The van der Waals surface area contributed by atoms with E-state index in [9.17, 15) is 22.6 Å². The molecule has 0 spiro atoms. The lowest BCUT2D eigenvalue weighted by Gasteiger charge is -2.28. The van der Waals surface area contributed by atoms with Gasteiger partial charge in [0.15, 0.2) is 6.29 Å². The van der Waals surface area contributed by atoms with Crippen LogP contribution in [0.1, 0.15) is 33.6 Å². The summed E-state index contributed by atoms with van der Waals surface area (Å²) in [6.07, 6.45) is 4.91. The predicted molar refractivity (Wildman–Crippen MR) is 144 cm³/mol. The molecule has 0 atom stereocenters. The second-order valence-corrected chi connectivity index (χ2v) is 11.3. The van der Waals surface area contributed by atoms with E-state index < -0.39 is 16.7 Å². The van der Waals surface area contributed by atoms with Crippen LogP contribution >= 0.6 is 11.6 Å². The van der Waals surface area contributed by atoms with Crippen LogP contribution in [-0.4, -0.2) is 93.8 Å². The molecule has 0 bridgehead atoms. The van der Waals surface area contributed by atoms with E-state index in [0.29, 0.717) is 34.9 Å². The van der Waals surface area contributed by atoms with Gasteiger partial charge in [-0.1, -0.05) is 11.6 Å². The molecule has 37 heavy (non-hydrogen) atoms. The van der Waals surface area contributed by atoms with E-state index >= 15 is 0 Å². The molecule has 3 aromatic rings. The minimum atomic E-state index is -2.38. The number of aldehydes is 2. The lowest BCUT2D eigenvalue weighted by molar-refractivity contribution is -0.0504. The summed E-state index contributed by atoms with van der Waals surface area (Å²) in [7, 11) is 3.43. The first kappa shape index (κ1) is 29.0. The average Bonchev–Trinajstić information content (AvgIpc) is 3.31. The van der Waals surface area contributed by atoms with E-state index in [4.69, 9.17) is 11.6 Å². The quantitative estimate of drug-likeness (QED) is 0.450. The molecule has 2 fully saturated rings. The largest absolute Gasteiger partial charge is 0.306 e. The molecule has 200 valence electrons. The fourth-order valence-electron chi connectivity index (χ4n) is 3.79. The number of piperidine rings is 1. The Morgan fingerprint density at radius 3 is 2.14 bits per heavy atom. The monoisotopic (exact) mass is 552 g/mol. The highest BCUT2D eigenvalue weighted by molar-refractivity contribution is 7.85. The summed E-state index contributed by atoms with van der Waals surface area (Å²) < 4.78 is 37.2. The lowest BCUT2D eigenvalue weighted by Crippen LogP contribution is -2.36. The number of hydrogen-bond acceptors (Lipinski definition) is 6. The molecule has 0 amide bonds. The second-order valence-electron chi connectivity index (χ2n) is 9.16. The van der Waals surface area contributed by atoms with Gasteiger partial charge in [-0.15, -0.1) is 0 Å². The molecule has 2 saturated heterocycles. The first-order chi connectivity index (χ1) is 17.6. The van der Waals surface area contributed by atoms with Crippen LogP contribution in [0.15, 0.2) is 42.7 Å². The third-order valence-corrected chi connectivity index (χ3v) is 7.62. The van der Waals surface area contributed by atoms with E-state index in [-0.39, 0.29) is 12.8 Å². The van der Waals surface area contributed by atoms with Crippen molar-refractivity contribution in [2.75, 3.05) is 51.8 Å². The van der Waals surface area contributed by atoms with Crippen LogP contribution < -0.4 is 0 Å². The smallest absolute Gasteiger partial charge is 0.250 e. The molecule has 7 nitrogen and oxygen atoms in total. The van der Waals surface area contributed by atoms with Crippen molar-refractivity contribution in [1.29, 1.82) is 0 Å². The fourth-order valence-corrected chi connectivity index (χ4v) is 5.26. The molecule has 2 aliphatic rings. The summed E-state index contributed by atoms with van der Waals surface area (Å²) in [5.41, 5.74) is 2.48. The van der Waals surface area contributed by atoms with Crippen LogP contribution in [0.5, 0.6) is 0 Å². The van der Waals surface area contributed by atoms with E-state index in [0.717, 1.165) is 48.2 Å². The van der Waals surface area contributed by atoms with Crippen LogP contribution in [0.2, 0.25) is 5.02 Å². The van der Waals surface area contributed by atoms with Gasteiger partial charge in [0.25, 0.3) is 5.92 Å². The van der Waals surface area contributed by atoms with Crippen LogP contribution in [-0.2, 0) is 10.8 Å². The van der Waals surface area contributed by atoms with Crippen molar-refractivity contribution >= 4 is 46.0 Å². The van der Waals surface area contributed by atoms with E-state index in [1.165, 1.54) is 6.20 Å². The van der Waals surface area contributed by atoms with Crippen molar-refractivity contribution in [3.05, 3.63) is 58.9 Å². The minimum Gasteiger partial charge on any atom is -0.306 e. The van der Waals surface area contributed by atoms with Crippen LogP contribution in [0.25, 0.3) is 16.7 Å². The van der Waals surface area contributed by atoms with Gasteiger partial charge in [-0.25, -0.2) is 13.8 Å². The highest BCUT2D eigenvalue weighted by Gasteiger charge is 2.32. The molecule has 5 rings (SSSR count). The molecule has 0 aliphatic carbocycles. The fraction of sp³-hybridized carbons (Fsp3) is 0.423. The Kier molecular flexibility index (Phi) is 10.5. The van der Waals surface area contributed by atoms with Crippen molar-refractivity contribution in [2.45, 2.75) is 18.8 Å². The van der Waals surface area contributed by atoms with Crippen molar-refractivity contribution in [1.82, 2.24) is 19.4 Å². The number of aromatic nitrogens is 2.